The molecule has 2 saturated heterocycles. The zero-order chi connectivity index (χ0) is 39.1. The number of rotatable bonds is 13. The van der Waals surface area contributed by atoms with Crippen molar-refractivity contribution in [3.63, 3.8) is 0 Å². The van der Waals surface area contributed by atoms with Crippen molar-refractivity contribution in [2.45, 2.75) is 89.6 Å². The number of Topliss-reactive ketones (excluding diaryl/α,β-unsaturated/α-hetero) is 1. The van der Waals surface area contributed by atoms with Gasteiger partial charge in [-0.2, -0.15) is 0 Å². The fraction of sp³-hybridized carbons (Fsp3) is 0.667. The number of nitrogen functional groups attached to an aromatic ring is 1. The number of carbonyl (C=O) groups excluding carboxylic acids is 3. The number of aliphatic imine (C=N–C) groups is 2. The second-order valence-corrected chi connectivity index (χ2v) is 16.1. The molecule has 6 unspecified atom stereocenters. The van der Waals surface area contributed by atoms with Gasteiger partial charge in [-0.3, -0.25) is 14.7 Å². The van der Waals surface area contributed by atoms with E-state index in [0.29, 0.717) is 51.5 Å². The summed E-state index contributed by atoms with van der Waals surface area (Å²) < 4.78 is 23.6. The van der Waals surface area contributed by atoms with Gasteiger partial charge in [-0.05, 0) is 62.9 Å². The molecule has 55 heavy (non-hydrogen) atoms. The summed E-state index contributed by atoms with van der Waals surface area (Å²) >= 11 is 0. The fourth-order valence-corrected chi connectivity index (χ4v) is 10.1. The first-order valence-corrected chi connectivity index (χ1v) is 19.4. The summed E-state index contributed by atoms with van der Waals surface area (Å²) in [6.07, 6.45) is 7.52. The van der Waals surface area contributed by atoms with Gasteiger partial charge in [-0.15, -0.1) is 0 Å². The molecule has 5 heterocycles. The second-order valence-electron chi connectivity index (χ2n) is 16.1. The molecule has 2 saturated carbocycles. The van der Waals surface area contributed by atoms with Gasteiger partial charge in [0.2, 0.25) is 5.95 Å². The van der Waals surface area contributed by atoms with Crippen molar-refractivity contribution in [3.05, 3.63) is 35.4 Å². The van der Waals surface area contributed by atoms with Crippen LogP contribution in [0.15, 0.2) is 39.8 Å². The first-order chi connectivity index (χ1) is 26.3. The van der Waals surface area contributed by atoms with Gasteiger partial charge in [0.15, 0.2) is 5.78 Å². The van der Waals surface area contributed by atoms with Crippen LogP contribution in [0.1, 0.15) is 65.4 Å². The first-order valence-electron chi connectivity index (χ1n) is 19.4. The predicted octanol–water partition coefficient (Wildman–Crippen LogP) is 1.26. The lowest BCUT2D eigenvalue weighted by atomic mass is 9.43. The lowest BCUT2D eigenvalue weighted by Gasteiger charge is -2.64. The van der Waals surface area contributed by atoms with Gasteiger partial charge in [-0.1, -0.05) is 13.8 Å². The van der Waals surface area contributed by atoms with E-state index < -0.39 is 46.6 Å². The summed E-state index contributed by atoms with van der Waals surface area (Å²) in [6.45, 7) is 11.1. The Morgan fingerprint density at radius 1 is 1.20 bits per heavy atom. The monoisotopic (exact) mass is 763 g/mol. The minimum atomic E-state index is -0.780. The summed E-state index contributed by atoms with van der Waals surface area (Å²) in [4.78, 5) is 60.2. The number of allylic oxidation sites excluding steroid dienone is 1. The van der Waals surface area contributed by atoms with Crippen LogP contribution in [0.2, 0.25) is 0 Å². The number of hydrogen-bond donors (Lipinski definition) is 4. The highest BCUT2D eigenvalue weighted by atomic mass is 16.6. The molecule has 0 aromatic carbocycles. The maximum absolute atomic E-state index is 14.1. The Kier molecular flexibility index (Phi) is 11.1. The van der Waals surface area contributed by atoms with Gasteiger partial charge in [0.1, 0.15) is 22.8 Å². The SMILES string of the molecule is CCOC(=O)/C(=C1/C=C(C(CC2C3(CO3)C(N3CCOCC3)CC3[C@]2(C)CC[C@@H](O)[C@@]3(C)CO)NC(C)C(=O)CC2=NCC=N2)C(=O)O1)c1cnc(N)nc1. The number of nitrogens with zero attached hydrogens (tertiary/aromatic N) is 5. The highest BCUT2D eigenvalue weighted by Crippen LogP contribution is 2.67. The van der Waals surface area contributed by atoms with Crippen molar-refractivity contribution in [2.24, 2.45) is 32.7 Å². The van der Waals surface area contributed by atoms with E-state index >= 15 is 0 Å². The van der Waals surface area contributed by atoms with Gasteiger partial charge >= 0.3 is 11.9 Å². The molecule has 1 spiro atoms. The highest BCUT2D eigenvalue weighted by Gasteiger charge is 2.71. The third-order valence-electron chi connectivity index (χ3n) is 13.1. The van der Waals surface area contributed by atoms with E-state index in [1.54, 1.807) is 20.1 Å². The minimum Gasteiger partial charge on any atom is -0.462 e. The number of esters is 2. The van der Waals surface area contributed by atoms with Crippen LogP contribution >= 0.6 is 0 Å². The molecule has 0 radical (unpaired) electrons. The number of fused-ring (bicyclic) bond motifs is 1. The average Bonchev–Trinajstić information content (AvgIpc) is 3.59. The van der Waals surface area contributed by atoms with E-state index in [4.69, 9.17) is 24.7 Å². The Morgan fingerprint density at radius 2 is 1.93 bits per heavy atom. The molecular weight excluding hydrogens is 710 g/mol. The number of carbonyl (C=O) groups is 3. The van der Waals surface area contributed by atoms with E-state index in [-0.39, 0.29) is 71.7 Å². The van der Waals surface area contributed by atoms with Crippen LogP contribution in [0, 0.1) is 22.7 Å². The standard InChI is InChI=1S/C39H53N7O9/c1-5-53-35(51)33(23-18-43-36(40)44-19-23)27-14-24(34(50)55-27)25(45-22(2)26(48)16-32-41-8-9-42-32)15-29-37(3)7-6-31(49)38(4,20-47)28(37)17-30(39(29)21-54-39)46-10-12-52-13-11-46/h8,14,18-19,22,25,28-31,45,47,49H,5-7,9-13,15-17,20-21H2,1-4H3,(H2,40,43,44)/b33-27-/t22?,25?,28?,29?,30?,31-,37+,38+,39?/m1/s1. The topological polar surface area (TPSA) is 224 Å². The smallest absolute Gasteiger partial charge is 0.342 e. The van der Waals surface area contributed by atoms with Crippen molar-refractivity contribution in [3.8, 4) is 0 Å². The molecule has 16 heteroatoms. The average molecular weight is 764 g/mol. The molecule has 1 aromatic heterocycles. The molecule has 5 N–H and O–H groups in total. The van der Waals surface area contributed by atoms with Crippen LogP contribution in [0.4, 0.5) is 5.95 Å². The maximum atomic E-state index is 14.1. The van der Waals surface area contributed by atoms with E-state index in [9.17, 15) is 24.6 Å². The number of hydrogen-bond acceptors (Lipinski definition) is 16. The number of ether oxygens (including phenoxy) is 4. The molecule has 4 fully saturated rings. The summed E-state index contributed by atoms with van der Waals surface area (Å²) in [6, 6.07) is -1.51. The number of epoxide rings is 1. The number of cyclic esters (lactones) is 1. The van der Waals surface area contributed by atoms with Crippen molar-refractivity contribution >= 4 is 41.3 Å². The van der Waals surface area contributed by atoms with Crippen LogP contribution in [-0.4, -0.2) is 137 Å². The molecule has 0 amide bonds. The third kappa shape index (κ3) is 7.28. The number of ketones is 1. The zero-order valence-corrected chi connectivity index (χ0v) is 32.0. The molecular formula is C39H53N7O9. The summed E-state index contributed by atoms with van der Waals surface area (Å²) in [5, 5.41) is 25.9. The quantitative estimate of drug-likeness (QED) is 0.126. The normalized spacial score (nSPS) is 35.1. The van der Waals surface area contributed by atoms with Crippen molar-refractivity contribution < 1.29 is 43.5 Å². The molecule has 16 nitrogen and oxygen atoms in total. The Hall–Kier alpha value is -3.93. The highest BCUT2D eigenvalue weighted by molar-refractivity contribution is 6.18. The van der Waals surface area contributed by atoms with Gasteiger partial charge in [-0.25, -0.2) is 24.5 Å². The van der Waals surface area contributed by atoms with Crippen LogP contribution in [0.25, 0.3) is 5.57 Å². The maximum Gasteiger partial charge on any atom is 0.342 e. The summed E-state index contributed by atoms with van der Waals surface area (Å²) in [5.41, 5.74) is 4.38. The van der Waals surface area contributed by atoms with Gasteiger partial charge in [0, 0.05) is 54.8 Å². The third-order valence-corrected chi connectivity index (χ3v) is 13.1. The zero-order valence-electron chi connectivity index (χ0n) is 32.0. The lowest BCUT2D eigenvalue weighted by Crippen LogP contribution is -2.68. The Morgan fingerprint density at radius 3 is 2.56 bits per heavy atom. The molecule has 298 valence electrons. The number of amidine groups is 1. The fourth-order valence-electron chi connectivity index (χ4n) is 10.1. The number of aliphatic hydroxyl groups is 2. The van der Waals surface area contributed by atoms with E-state index in [1.807, 2.05) is 6.92 Å². The van der Waals surface area contributed by atoms with Crippen LogP contribution < -0.4 is 11.1 Å². The molecule has 1 aromatic rings. The van der Waals surface area contributed by atoms with Crippen molar-refractivity contribution in [2.75, 3.05) is 58.4 Å². The van der Waals surface area contributed by atoms with E-state index in [1.165, 1.54) is 18.5 Å². The predicted molar refractivity (Wildman–Crippen MR) is 201 cm³/mol. The number of nitrogens with one attached hydrogen (secondary N) is 1. The Bertz CT molecular complexity index is 1790. The van der Waals surface area contributed by atoms with Crippen LogP contribution in [0.5, 0.6) is 0 Å². The first kappa shape index (κ1) is 39.3. The Balaban J connectivity index is 1.32. The lowest BCUT2D eigenvalue weighted by molar-refractivity contribution is -0.197. The summed E-state index contributed by atoms with van der Waals surface area (Å²) in [7, 11) is 0. The van der Waals surface area contributed by atoms with E-state index in [2.05, 4.69) is 37.1 Å². The van der Waals surface area contributed by atoms with Gasteiger partial charge in [0.25, 0.3) is 0 Å². The summed E-state index contributed by atoms with van der Waals surface area (Å²) in [5.74, 6) is -1.42. The van der Waals surface area contributed by atoms with E-state index in [0.717, 1.165) is 19.5 Å². The second kappa shape index (κ2) is 15.5. The molecule has 7 rings (SSSR count). The number of aromatic nitrogens is 2. The number of anilines is 1. The van der Waals surface area contributed by atoms with Crippen LogP contribution in [0.3, 0.4) is 0 Å². The van der Waals surface area contributed by atoms with Gasteiger partial charge < -0.3 is 40.2 Å². The molecule has 4 aliphatic heterocycles. The number of nitrogens with two attached hydrogens (primary N) is 1. The molecule has 6 aliphatic rings. The minimum absolute atomic E-state index is 0.00667. The number of morpholine rings is 1. The van der Waals surface area contributed by atoms with Crippen LogP contribution in [-0.2, 0) is 33.3 Å². The Labute approximate surface area is 320 Å². The largest absolute Gasteiger partial charge is 0.462 e. The van der Waals surface area contributed by atoms with Gasteiger partial charge in [0.05, 0.1) is 63.7 Å². The molecule has 9 atom stereocenters. The van der Waals surface area contributed by atoms with Crippen molar-refractivity contribution in [1.29, 1.82) is 0 Å². The number of aliphatic hydroxyl groups excluding tert-OH is 2. The molecule has 0 bridgehead atoms. The van der Waals surface area contributed by atoms with Crippen molar-refractivity contribution in [1.82, 2.24) is 20.2 Å². The molecule has 2 aliphatic carbocycles.